The molecule has 4 aliphatic rings. The largest absolute Gasteiger partial charge is 0.358 e. The summed E-state index contributed by atoms with van der Waals surface area (Å²) in [4.78, 5) is 45.1. The summed E-state index contributed by atoms with van der Waals surface area (Å²) in [5.74, 6) is -0.0939. The molecule has 3 fully saturated rings. The quantitative estimate of drug-likeness (QED) is 0.784. The van der Waals surface area contributed by atoms with Crippen molar-refractivity contribution in [3.63, 3.8) is 0 Å². The SMILES string of the molecule is O=C(CN1C(=O)C2CCCCN2c2ccc(C(=O)N3CCCC3)cc21)NC1CCCCC1. The number of likely N-dealkylation sites (tertiary alicyclic amines) is 1. The van der Waals surface area contributed by atoms with E-state index in [1.165, 1.54) is 6.42 Å². The van der Waals surface area contributed by atoms with Crippen LogP contribution in [0, 0.1) is 0 Å². The number of rotatable bonds is 4. The first kappa shape index (κ1) is 21.3. The van der Waals surface area contributed by atoms with Crippen LogP contribution < -0.4 is 15.1 Å². The van der Waals surface area contributed by atoms with Crippen LogP contribution in [0.2, 0.25) is 0 Å². The third-order valence-electron chi connectivity index (χ3n) is 7.54. The Balaban J connectivity index is 1.42. The van der Waals surface area contributed by atoms with E-state index in [0.717, 1.165) is 83.1 Å². The van der Waals surface area contributed by atoms with Crippen LogP contribution in [0.25, 0.3) is 0 Å². The summed E-state index contributed by atoms with van der Waals surface area (Å²) in [7, 11) is 0. The topological polar surface area (TPSA) is 73.0 Å². The van der Waals surface area contributed by atoms with Crippen molar-refractivity contribution in [2.24, 2.45) is 0 Å². The number of carbonyl (C=O) groups excluding carboxylic acids is 3. The highest BCUT2D eigenvalue weighted by molar-refractivity contribution is 6.09. The number of carbonyl (C=O) groups is 3. The van der Waals surface area contributed by atoms with Gasteiger partial charge in [0, 0.05) is 31.2 Å². The van der Waals surface area contributed by atoms with Gasteiger partial charge in [0.05, 0.1) is 11.4 Å². The van der Waals surface area contributed by atoms with Gasteiger partial charge in [-0.3, -0.25) is 19.3 Å². The molecule has 0 radical (unpaired) electrons. The zero-order valence-corrected chi connectivity index (χ0v) is 18.9. The highest BCUT2D eigenvalue weighted by Gasteiger charge is 2.40. The standard InChI is InChI=1S/C25H34N4O3/c30-23(26-19-8-2-1-3-9-19)17-29-22-16-18(24(31)27-13-6-7-14-27)11-12-20(22)28-15-5-4-10-21(28)25(29)32/h11-12,16,19,21H,1-10,13-15,17H2,(H,26,30). The van der Waals surface area contributed by atoms with Gasteiger partial charge in [-0.15, -0.1) is 0 Å². The van der Waals surface area contributed by atoms with Crippen LogP contribution in [0.4, 0.5) is 11.4 Å². The van der Waals surface area contributed by atoms with Gasteiger partial charge in [0.1, 0.15) is 12.6 Å². The monoisotopic (exact) mass is 438 g/mol. The maximum atomic E-state index is 13.5. The van der Waals surface area contributed by atoms with Gasteiger partial charge < -0.3 is 15.1 Å². The van der Waals surface area contributed by atoms with Gasteiger partial charge in [0.25, 0.3) is 5.91 Å². The van der Waals surface area contributed by atoms with E-state index in [0.29, 0.717) is 11.3 Å². The normalized spacial score (nSPS) is 23.7. The molecule has 3 aliphatic heterocycles. The first-order valence-corrected chi connectivity index (χ1v) is 12.4. The molecule has 1 atom stereocenters. The number of nitrogens with one attached hydrogen (secondary N) is 1. The highest BCUT2D eigenvalue weighted by atomic mass is 16.2. The molecule has 2 saturated heterocycles. The smallest absolute Gasteiger partial charge is 0.253 e. The van der Waals surface area contributed by atoms with Crippen LogP contribution in [0.15, 0.2) is 18.2 Å². The first-order valence-electron chi connectivity index (χ1n) is 12.4. The van der Waals surface area contributed by atoms with Crippen molar-refractivity contribution in [3.8, 4) is 0 Å². The lowest BCUT2D eigenvalue weighted by Gasteiger charge is -2.45. The number of hydrogen-bond acceptors (Lipinski definition) is 4. The molecule has 7 heteroatoms. The molecular formula is C25H34N4O3. The molecular weight excluding hydrogens is 404 g/mol. The Bertz CT molecular complexity index is 889. The third kappa shape index (κ3) is 4.09. The van der Waals surface area contributed by atoms with E-state index in [4.69, 9.17) is 0 Å². The lowest BCUT2D eigenvalue weighted by Crippen LogP contribution is -2.57. The number of benzene rings is 1. The Labute approximate surface area is 190 Å². The van der Waals surface area contributed by atoms with Crippen molar-refractivity contribution >= 4 is 29.1 Å². The van der Waals surface area contributed by atoms with Gasteiger partial charge >= 0.3 is 0 Å². The van der Waals surface area contributed by atoms with Crippen molar-refractivity contribution in [1.82, 2.24) is 10.2 Å². The zero-order chi connectivity index (χ0) is 22.1. The van der Waals surface area contributed by atoms with Crippen LogP contribution in [0.1, 0.15) is 74.6 Å². The lowest BCUT2D eigenvalue weighted by molar-refractivity contribution is -0.125. The molecule has 1 aliphatic carbocycles. The minimum absolute atomic E-state index is 0.0123. The Hall–Kier alpha value is -2.57. The number of fused-ring (bicyclic) bond motifs is 3. The van der Waals surface area contributed by atoms with E-state index in [-0.39, 0.29) is 36.3 Å². The maximum Gasteiger partial charge on any atom is 0.253 e. The van der Waals surface area contributed by atoms with Gasteiger partial charge in [-0.1, -0.05) is 19.3 Å². The van der Waals surface area contributed by atoms with Crippen molar-refractivity contribution in [2.45, 2.75) is 76.3 Å². The molecule has 32 heavy (non-hydrogen) atoms. The Morgan fingerprint density at radius 1 is 0.875 bits per heavy atom. The first-order chi connectivity index (χ1) is 15.6. The van der Waals surface area contributed by atoms with E-state index >= 15 is 0 Å². The summed E-state index contributed by atoms with van der Waals surface area (Å²) >= 11 is 0. The fourth-order valence-corrected chi connectivity index (χ4v) is 5.82. The summed E-state index contributed by atoms with van der Waals surface area (Å²) in [5, 5.41) is 3.15. The maximum absolute atomic E-state index is 13.5. The predicted molar refractivity (Wildman–Crippen MR) is 124 cm³/mol. The summed E-state index contributed by atoms with van der Waals surface area (Å²) in [6, 6.07) is 5.72. The number of nitrogens with zero attached hydrogens (tertiary/aromatic N) is 3. The van der Waals surface area contributed by atoms with Crippen LogP contribution in [0.3, 0.4) is 0 Å². The van der Waals surface area contributed by atoms with Crippen LogP contribution >= 0.6 is 0 Å². The minimum Gasteiger partial charge on any atom is -0.358 e. The molecule has 1 saturated carbocycles. The number of piperidine rings is 1. The van der Waals surface area contributed by atoms with E-state index in [1.807, 2.05) is 23.1 Å². The third-order valence-corrected chi connectivity index (χ3v) is 7.54. The second-order valence-corrected chi connectivity index (χ2v) is 9.73. The molecule has 172 valence electrons. The fraction of sp³-hybridized carbons (Fsp3) is 0.640. The van der Waals surface area contributed by atoms with Crippen LogP contribution in [0.5, 0.6) is 0 Å². The Morgan fingerprint density at radius 3 is 2.38 bits per heavy atom. The molecule has 5 rings (SSSR count). The van der Waals surface area contributed by atoms with Gasteiger partial charge in [-0.25, -0.2) is 0 Å². The highest BCUT2D eigenvalue weighted by Crippen LogP contribution is 2.40. The Morgan fingerprint density at radius 2 is 1.59 bits per heavy atom. The number of hydrogen-bond donors (Lipinski definition) is 1. The Kier molecular flexibility index (Phi) is 6.07. The zero-order valence-electron chi connectivity index (χ0n) is 18.9. The van der Waals surface area contributed by atoms with Crippen molar-refractivity contribution in [2.75, 3.05) is 36.0 Å². The summed E-state index contributed by atoms with van der Waals surface area (Å²) < 4.78 is 0. The molecule has 0 spiro atoms. The van der Waals surface area contributed by atoms with Crippen LogP contribution in [-0.4, -0.2) is 60.9 Å². The average molecular weight is 439 g/mol. The average Bonchev–Trinajstić information content (AvgIpc) is 3.37. The molecule has 3 amide bonds. The minimum atomic E-state index is -0.209. The van der Waals surface area contributed by atoms with Gasteiger partial charge in [-0.05, 0) is 63.1 Å². The van der Waals surface area contributed by atoms with E-state index in [1.54, 1.807) is 4.90 Å². The molecule has 1 unspecified atom stereocenters. The van der Waals surface area contributed by atoms with Gasteiger partial charge in [0.15, 0.2) is 0 Å². The number of anilines is 2. The number of amides is 3. The van der Waals surface area contributed by atoms with Crippen molar-refractivity contribution < 1.29 is 14.4 Å². The van der Waals surface area contributed by atoms with Gasteiger partial charge in [-0.2, -0.15) is 0 Å². The van der Waals surface area contributed by atoms with E-state index < -0.39 is 0 Å². The second kappa shape index (κ2) is 9.12. The molecule has 0 aromatic heterocycles. The fourth-order valence-electron chi connectivity index (χ4n) is 5.82. The summed E-state index contributed by atoms with van der Waals surface area (Å²) in [6.07, 6.45) is 10.5. The molecule has 0 bridgehead atoms. The predicted octanol–water partition coefficient (Wildman–Crippen LogP) is 3.08. The lowest BCUT2D eigenvalue weighted by atomic mass is 9.94. The molecule has 3 heterocycles. The molecule has 1 aromatic carbocycles. The van der Waals surface area contributed by atoms with Crippen LogP contribution in [-0.2, 0) is 9.59 Å². The molecule has 1 aromatic rings. The van der Waals surface area contributed by atoms with Crippen molar-refractivity contribution in [1.29, 1.82) is 0 Å². The molecule has 1 N–H and O–H groups in total. The van der Waals surface area contributed by atoms with E-state index in [2.05, 4.69) is 10.2 Å². The van der Waals surface area contributed by atoms with Crippen molar-refractivity contribution in [3.05, 3.63) is 23.8 Å². The van der Waals surface area contributed by atoms with Gasteiger partial charge in [0.2, 0.25) is 11.8 Å². The van der Waals surface area contributed by atoms with E-state index in [9.17, 15) is 14.4 Å². The molecule has 7 nitrogen and oxygen atoms in total. The second-order valence-electron chi connectivity index (χ2n) is 9.73. The summed E-state index contributed by atoms with van der Waals surface area (Å²) in [5.41, 5.74) is 2.28. The summed E-state index contributed by atoms with van der Waals surface area (Å²) in [6.45, 7) is 2.44.